The van der Waals surface area contributed by atoms with Crippen molar-refractivity contribution >= 4 is 0 Å². The van der Waals surface area contributed by atoms with Crippen LogP contribution in [-0.2, 0) is 0 Å². The third kappa shape index (κ3) is 3.94. The lowest BCUT2D eigenvalue weighted by molar-refractivity contribution is 0.109. The van der Waals surface area contributed by atoms with Gasteiger partial charge in [-0.1, -0.05) is 6.92 Å². The first kappa shape index (κ1) is 13.3. The van der Waals surface area contributed by atoms with Crippen LogP contribution in [0, 0.1) is 5.92 Å². The highest BCUT2D eigenvalue weighted by Crippen LogP contribution is 2.23. The summed E-state index contributed by atoms with van der Waals surface area (Å²) in [4.78, 5) is 4.97. The van der Waals surface area contributed by atoms with Crippen LogP contribution in [0.2, 0.25) is 0 Å². The summed E-state index contributed by atoms with van der Waals surface area (Å²) in [7, 11) is 4.50. The van der Waals surface area contributed by atoms with Crippen LogP contribution in [0.4, 0.5) is 0 Å². The highest BCUT2D eigenvalue weighted by Gasteiger charge is 2.24. The Morgan fingerprint density at radius 2 is 1.76 bits per heavy atom. The quantitative estimate of drug-likeness (QED) is 0.803. The molecule has 2 rings (SSSR count). The summed E-state index contributed by atoms with van der Waals surface area (Å²) in [5.74, 6) is 0.955. The van der Waals surface area contributed by atoms with Gasteiger partial charge >= 0.3 is 0 Å². The number of piperazine rings is 1. The number of rotatable bonds is 3. The monoisotopic (exact) mass is 239 g/mol. The van der Waals surface area contributed by atoms with Crippen molar-refractivity contribution in [3.05, 3.63) is 0 Å². The van der Waals surface area contributed by atoms with Crippen LogP contribution in [0.25, 0.3) is 0 Å². The maximum atomic E-state index is 3.79. The van der Waals surface area contributed by atoms with Crippen molar-refractivity contribution in [3.63, 3.8) is 0 Å². The molecule has 1 unspecified atom stereocenters. The van der Waals surface area contributed by atoms with E-state index >= 15 is 0 Å². The summed E-state index contributed by atoms with van der Waals surface area (Å²) in [6.45, 7) is 7.20. The van der Waals surface area contributed by atoms with Crippen molar-refractivity contribution in [1.82, 2.24) is 15.1 Å². The molecule has 0 spiro atoms. The van der Waals surface area contributed by atoms with Gasteiger partial charge in [0, 0.05) is 38.3 Å². The Kier molecular flexibility index (Phi) is 4.83. The lowest BCUT2D eigenvalue weighted by Gasteiger charge is -2.39. The van der Waals surface area contributed by atoms with Gasteiger partial charge in [-0.25, -0.2) is 0 Å². The predicted molar refractivity (Wildman–Crippen MR) is 73.3 cm³/mol. The molecule has 0 aromatic carbocycles. The lowest BCUT2D eigenvalue weighted by atomic mass is 9.87. The van der Waals surface area contributed by atoms with E-state index in [1.54, 1.807) is 0 Å². The van der Waals surface area contributed by atoms with Gasteiger partial charge in [-0.3, -0.25) is 4.90 Å². The fourth-order valence-electron chi connectivity index (χ4n) is 3.09. The molecule has 1 saturated carbocycles. The third-order valence-corrected chi connectivity index (χ3v) is 4.64. The molecule has 17 heavy (non-hydrogen) atoms. The van der Waals surface area contributed by atoms with E-state index in [0.29, 0.717) is 6.04 Å². The molecule has 0 aromatic rings. The van der Waals surface area contributed by atoms with Crippen LogP contribution >= 0.6 is 0 Å². The molecule has 1 heterocycles. The number of nitrogens with zero attached hydrogens (tertiary/aromatic N) is 2. The summed E-state index contributed by atoms with van der Waals surface area (Å²) >= 11 is 0. The summed E-state index contributed by atoms with van der Waals surface area (Å²) < 4.78 is 0. The molecule has 1 N–H and O–H groups in total. The van der Waals surface area contributed by atoms with Gasteiger partial charge in [-0.15, -0.1) is 0 Å². The molecule has 0 bridgehead atoms. The maximum Gasteiger partial charge on any atom is 0.0345 e. The first-order chi connectivity index (χ1) is 8.15. The second kappa shape index (κ2) is 6.17. The average Bonchev–Trinajstić information content (AvgIpc) is 2.32. The number of nitrogens with one attached hydrogen (secondary N) is 1. The van der Waals surface area contributed by atoms with Crippen LogP contribution in [0.15, 0.2) is 0 Å². The van der Waals surface area contributed by atoms with Crippen molar-refractivity contribution in [2.45, 2.75) is 44.7 Å². The Balaban J connectivity index is 1.70. The van der Waals surface area contributed by atoms with Crippen LogP contribution < -0.4 is 5.32 Å². The van der Waals surface area contributed by atoms with Crippen LogP contribution in [0.1, 0.15) is 32.6 Å². The Labute approximate surface area is 107 Å². The predicted octanol–water partition coefficient (Wildman–Crippen LogP) is 1.40. The van der Waals surface area contributed by atoms with Crippen molar-refractivity contribution in [3.8, 4) is 0 Å². The maximum absolute atomic E-state index is 3.79. The molecule has 0 amide bonds. The van der Waals surface area contributed by atoms with Gasteiger partial charge < -0.3 is 10.2 Å². The highest BCUT2D eigenvalue weighted by atomic mass is 15.3. The SMILES string of the molecule is CC1CCC(NCC2CN(C)CCN2C)CC1. The second-order valence-corrected chi connectivity index (χ2v) is 6.26. The van der Waals surface area contributed by atoms with Gasteiger partial charge in [-0.05, 0) is 45.7 Å². The molecule has 2 aliphatic rings. The van der Waals surface area contributed by atoms with E-state index in [1.807, 2.05) is 0 Å². The third-order valence-electron chi connectivity index (χ3n) is 4.64. The normalized spacial score (nSPS) is 37.2. The van der Waals surface area contributed by atoms with Gasteiger partial charge in [0.15, 0.2) is 0 Å². The van der Waals surface area contributed by atoms with Crippen molar-refractivity contribution < 1.29 is 0 Å². The molecule has 100 valence electrons. The standard InChI is InChI=1S/C14H29N3/c1-12-4-6-13(7-5-12)15-10-14-11-16(2)8-9-17(14)3/h12-15H,4-11H2,1-3H3. The topological polar surface area (TPSA) is 18.5 Å². The van der Waals surface area contributed by atoms with Crippen LogP contribution in [0.3, 0.4) is 0 Å². The fraction of sp³-hybridized carbons (Fsp3) is 1.00. The molecule has 1 aliphatic heterocycles. The lowest BCUT2D eigenvalue weighted by Crippen LogP contribution is -2.55. The zero-order chi connectivity index (χ0) is 12.3. The summed E-state index contributed by atoms with van der Waals surface area (Å²) in [5, 5.41) is 3.79. The van der Waals surface area contributed by atoms with Gasteiger partial charge in [0.05, 0.1) is 0 Å². The average molecular weight is 239 g/mol. The highest BCUT2D eigenvalue weighted by molar-refractivity contribution is 4.83. The Morgan fingerprint density at radius 3 is 2.47 bits per heavy atom. The van der Waals surface area contributed by atoms with Crippen molar-refractivity contribution in [2.24, 2.45) is 5.92 Å². The van der Waals surface area contributed by atoms with Gasteiger partial charge in [-0.2, -0.15) is 0 Å². The molecule has 2 fully saturated rings. The Bertz CT molecular complexity index is 224. The number of likely N-dealkylation sites (N-methyl/N-ethyl adjacent to an activating group) is 2. The molecule has 1 aliphatic carbocycles. The van der Waals surface area contributed by atoms with E-state index in [2.05, 4.69) is 36.1 Å². The summed E-state index contributed by atoms with van der Waals surface area (Å²) in [5.41, 5.74) is 0. The smallest absolute Gasteiger partial charge is 0.0345 e. The summed E-state index contributed by atoms with van der Waals surface area (Å²) in [6, 6.07) is 1.49. The molecule has 0 aromatic heterocycles. The molecule has 1 saturated heterocycles. The van der Waals surface area contributed by atoms with E-state index in [1.165, 1.54) is 51.9 Å². The molecular weight excluding hydrogens is 210 g/mol. The fourth-order valence-corrected chi connectivity index (χ4v) is 3.09. The van der Waals surface area contributed by atoms with E-state index in [-0.39, 0.29) is 0 Å². The van der Waals surface area contributed by atoms with E-state index in [9.17, 15) is 0 Å². The van der Waals surface area contributed by atoms with E-state index in [4.69, 9.17) is 0 Å². The molecular formula is C14H29N3. The van der Waals surface area contributed by atoms with Crippen LogP contribution in [0.5, 0.6) is 0 Å². The Hall–Kier alpha value is -0.120. The van der Waals surface area contributed by atoms with Gasteiger partial charge in [0.25, 0.3) is 0 Å². The molecule has 3 heteroatoms. The second-order valence-electron chi connectivity index (χ2n) is 6.26. The van der Waals surface area contributed by atoms with E-state index < -0.39 is 0 Å². The van der Waals surface area contributed by atoms with Gasteiger partial charge in [0.1, 0.15) is 0 Å². The number of hydrogen-bond donors (Lipinski definition) is 1. The molecule has 0 radical (unpaired) electrons. The molecule has 3 nitrogen and oxygen atoms in total. The van der Waals surface area contributed by atoms with E-state index in [0.717, 1.165) is 12.0 Å². The zero-order valence-electron chi connectivity index (χ0n) is 11.8. The minimum absolute atomic E-state index is 0.702. The van der Waals surface area contributed by atoms with Crippen molar-refractivity contribution in [2.75, 3.05) is 40.3 Å². The number of hydrogen-bond acceptors (Lipinski definition) is 3. The molecule has 1 atom stereocenters. The van der Waals surface area contributed by atoms with Crippen molar-refractivity contribution in [1.29, 1.82) is 0 Å². The summed E-state index contributed by atoms with van der Waals surface area (Å²) in [6.07, 6.45) is 5.59. The Morgan fingerprint density at radius 1 is 1.06 bits per heavy atom. The minimum atomic E-state index is 0.702. The van der Waals surface area contributed by atoms with Gasteiger partial charge in [0.2, 0.25) is 0 Å². The van der Waals surface area contributed by atoms with Crippen LogP contribution in [-0.4, -0.2) is 62.2 Å². The first-order valence-electron chi connectivity index (χ1n) is 7.27. The largest absolute Gasteiger partial charge is 0.312 e. The first-order valence-corrected chi connectivity index (χ1v) is 7.27. The zero-order valence-corrected chi connectivity index (χ0v) is 11.8. The minimum Gasteiger partial charge on any atom is -0.312 e.